The number of hydrogen-bond donors (Lipinski definition) is 2. The van der Waals surface area contributed by atoms with Crippen molar-refractivity contribution in [3.63, 3.8) is 0 Å². The molecule has 0 saturated carbocycles. The molecule has 0 spiro atoms. The number of hydrogen-bond acceptors (Lipinski definition) is 5. The van der Waals surface area contributed by atoms with E-state index in [1.807, 2.05) is 0 Å². The second kappa shape index (κ2) is 12.1. The zero-order valence-electron chi connectivity index (χ0n) is 23.5. The Hall–Kier alpha value is -4.77. The quantitative estimate of drug-likeness (QED) is 0.192. The van der Waals surface area contributed by atoms with Crippen LogP contribution in [0, 0.1) is 11.6 Å². The molecule has 0 fully saturated rings. The fourth-order valence-electron chi connectivity index (χ4n) is 5.38. The summed E-state index contributed by atoms with van der Waals surface area (Å²) >= 11 is 0. The van der Waals surface area contributed by atoms with Crippen molar-refractivity contribution in [2.75, 3.05) is 5.73 Å². The van der Waals surface area contributed by atoms with Gasteiger partial charge in [-0.25, -0.2) is 31.3 Å². The number of halogens is 11. The number of rotatable bonds is 8. The Kier molecular flexibility index (Phi) is 8.65. The summed E-state index contributed by atoms with van der Waals surface area (Å²) < 4.78 is 155. The van der Waals surface area contributed by atoms with Crippen LogP contribution >= 0.6 is 0 Å². The topological polar surface area (TPSA) is 98.7 Å². The second-order valence-corrected chi connectivity index (χ2v) is 10.7. The van der Waals surface area contributed by atoms with Crippen LogP contribution in [0.5, 0.6) is 0 Å². The van der Waals surface area contributed by atoms with Crippen molar-refractivity contribution >= 4 is 11.7 Å². The molecule has 3 aromatic heterocycles. The summed E-state index contributed by atoms with van der Waals surface area (Å²) in [5, 5.41) is 5.55. The third-order valence-electron chi connectivity index (χ3n) is 7.35. The van der Waals surface area contributed by atoms with Crippen molar-refractivity contribution in [1.82, 2.24) is 25.1 Å². The van der Waals surface area contributed by atoms with E-state index in [2.05, 4.69) is 20.4 Å². The molecule has 1 unspecified atom stereocenters. The standard InChI is InChI=1S/C29H21F11N6O/c30-15-6-13(7-16(31)10-15)8-19(22-17(2-1-5-42-22)14-9-18(29(38,39)40)26(41)43-11-14)44-20(47)12-46-24-21(23(45-46)25(32)33)27(34,35)3-4-28(24,36)37/h1-2,5-7,9-11,19,25H,3-4,8,12H2,(H2,41,43)(H,44,47). The second-order valence-electron chi connectivity index (χ2n) is 10.7. The van der Waals surface area contributed by atoms with Crippen LogP contribution in [-0.4, -0.2) is 25.7 Å². The lowest BCUT2D eigenvalue weighted by Gasteiger charge is -2.29. The third kappa shape index (κ3) is 6.85. The van der Waals surface area contributed by atoms with Crippen LogP contribution in [0.25, 0.3) is 11.1 Å². The van der Waals surface area contributed by atoms with E-state index in [1.54, 1.807) is 0 Å². The molecule has 4 aromatic rings. The lowest BCUT2D eigenvalue weighted by molar-refractivity contribution is -0.137. The highest BCUT2D eigenvalue weighted by atomic mass is 19.4. The van der Waals surface area contributed by atoms with Gasteiger partial charge in [-0.3, -0.25) is 14.5 Å². The van der Waals surface area contributed by atoms with Crippen LogP contribution in [0.15, 0.2) is 48.8 Å². The number of nitrogens with one attached hydrogen (secondary N) is 1. The Morgan fingerprint density at radius 3 is 2.28 bits per heavy atom. The molecule has 1 aromatic carbocycles. The lowest BCUT2D eigenvalue weighted by atomic mass is 9.89. The summed E-state index contributed by atoms with van der Waals surface area (Å²) in [5.74, 6) is -12.4. The number of nitrogens with two attached hydrogens (primary N) is 1. The van der Waals surface area contributed by atoms with Gasteiger partial charge in [0.2, 0.25) is 5.91 Å². The number of alkyl halides is 9. The largest absolute Gasteiger partial charge is 0.419 e. The van der Waals surface area contributed by atoms with Crippen LogP contribution in [0.1, 0.15) is 59.1 Å². The van der Waals surface area contributed by atoms with E-state index in [4.69, 9.17) is 5.73 Å². The van der Waals surface area contributed by atoms with Gasteiger partial charge in [0.15, 0.2) is 0 Å². The molecule has 1 aliphatic rings. The number of amides is 1. The predicted octanol–water partition coefficient (Wildman–Crippen LogP) is 7.23. The molecular formula is C29H21F11N6O. The monoisotopic (exact) mass is 678 g/mol. The molecule has 0 saturated heterocycles. The van der Waals surface area contributed by atoms with Crippen LogP contribution in [0.3, 0.4) is 0 Å². The molecule has 47 heavy (non-hydrogen) atoms. The smallest absolute Gasteiger partial charge is 0.383 e. The number of nitrogen functional groups attached to an aromatic ring is 1. The van der Waals surface area contributed by atoms with Crippen molar-refractivity contribution in [2.45, 2.75) is 56.3 Å². The van der Waals surface area contributed by atoms with Crippen molar-refractivity contribution in [2.24, 2.45) is 0 Å². The van der Waals surface area contributed by atoms with E-state index < -0.39 is 102 Å². The maximum Gasteiger partial charge on any atom is 0.419 e. The number of benzene rings is 1. The van der Waals surface area contributed by atoms with Gasteiger partial charge < -0.3 is 11.1 Å². The fourth-order valence-corrected chi connectivity index (χ4v) is 5.38. The Labute approximate surface area is 257 Å². The number of aromatic nitrogens is 4. The Morgan fingerprint density at radius 2 is 1.64 bits per heavy atom. The van der Waals surface area contributed by atoms with E-state index in [0.29, 0.717) is 12.1 Å². The van der Waals surface area contributed by atoms with Crippen molar-refractivity contribution in [3.8, 4) is 11.1 Å². The number of pyridine rings is 2. The number of carbonyl (C=O) groups excluding carboxylic acids is 1. The van der Waals surface area contributed by atoms with Gasteiger partial charge in [0.05, 0.1) is 22.9 Å². The molecule has 0 aliphatic heterocycles. The highest BCUT2D eigenvalue weighted by molar-refractivity contribution is 5.77. The minimum atomic E-state index is -4.93. The van der Waals surface area contributed by atoms with Crippen molar-refractivity contribution < 1.29 is 53.1 Å². The summed E-state index contributed by atoms with van der Waals surface area (Å²) in [6, 6.07) is 4.05. The van der Waals surface area contributed by atoms with Crippen LogP contribution in [0.4, 0.5) is 54.1 Å². The zero-order chi connectivity index (χ0) is 34.5. The minimum absolute atomic E-state index is 0.0387. The highest BCUT2D eigenvalue weighted by Crippen LogP contribution is 2.52. The molecule has 7 nitrogen and oxygen atoms in total. The summed E-state index contributed by atoms with van der Waals surface area (Å²) in [4.78, 5) is 21.0. The molecule has 0 bridgehead atoms. The fraction of sp³-hybridized carbons (Fsp3) is 0.310. The number of anilines is 1. The minimum Gasteiger partial charge on any atom is -0.383 e. The first-order chi connectivity index (χ1) is 21.9. The van der Waals surface area contributed by atoms with Crippen LogP contribution < -0.4 is 11.1 Å². The summed E-state index contributed by atoms with van der Waals surface area (Å²) in [6.07, 6.45) is -9.86. The first kappa shape index (κ1) is 33.6. The predicted molar refractivity (Wildman–Crippen MR) is 142 cm³/mol. The SMILES string of the molecule is Nc1ncc(-c2cccnc2C(Cc2cc(F)cc(F)c2)NC(=O)Cn2nc(C(F)F)c3c2C(F)(F)CCC3(F)F)cc1C(F)(F)F. The first-order valence-electron chi connectivity index (χ1n) is 13.5. The first-order valence-corrected chi connectivity index (χ1v) is 13.5. The van der Waals surface area contributed by atoms with Crippen LogP contribution in [0.2, 0.25) is 0 Å². The van der Waals surface area contributed by atoms with Gasteiger partial charge in [0, 0.05) is 42.4 Å². The van der Waals surface area contributed by atoms with Crippen LogP contribution in [-0.2, 0) is 35.8 Å². The van der Waals surface area contributed by atoms with E-state index in [0.717, 1.165) is 18.3 Å². The number of nitrogens with zero attached hydrogens (tertiary/aromatic N) is 4. The van der Waals surface area contributed by atoms with Gasteiger partial charge in [-0.15, -0.1) is 0 Å². The normalized spacial score (nSPS) is 16.2. The Balaban J connectivity index is 1.57. The van der Waals surface area contributed by atoms with Gasteiger partial charge in [-0.2, -0.15) is 27.1 Å². The highest BCUT2D eigenvalue weighted by Gasteiger charge is 2.55. The molecule has 1 amide bonds. The average Bonchev–Trinajstić information content (AvgIpc) is 3.36. The van der Waals surface area contributed by atoms with Gasteiger partial charge in [-0.1, -0.05) is 6.07 Å². The molecular weight excluding hydrogens is 657 g/mol. The maximum absolute atomic E-state index is 14.9. The van der Waals surface area contributed by atoms with E-state index >= 15 is 0 Å². The molecule has 1 atom stereocenters. The van der Waals surface area contributed by atoms with E-state index in [-0.39, 0.29) is 27.1 Å². The Morgan fingerprint density at radius 1 is 0.979 bits per heavy atom. The third-order valence-corrected chi connectivity index (χ3v) is 7.35. The average molecular weight is 679 g/mol. The van der Waals surface area contributed by atoms with Crippen molar-refractivity contribution in [3.05, 3.63) is 94.2 Å². The van der Waals surface area contributed by atoms with Gasteiger partial charge in [0.25, 0.3) is 18.3 Å². The van der Waals surface area contributed by atoms with Gasteiger partial charge in [-0.05, 0) is 36.2 Å². The van der Waals surface area contributed by atoms with Gasteiger partial charge in [0.1, 0.15) is 35.4 Å². The summed E-state index contributed by atoms with van der Waals surface area (Å²) in [6.45, 7) is -1.29. The molecule has 3 heterocycles. The summed E-state index contributed by atoms with van der Waals surface area (Å²) in [5.41, 5.74) is -1.38. The molecule has 3 N–H and O–H groups in total. The lowest BCUT2D eigenvalue weighted by Crippen LogP contribution is -2.37. The van der Waals surface area contributed by atoms with E-state index in [9.17, 15) is 53.1 Å². The molecule has 0 radical (unpaired) electrons. The Bertz CT molecular complexity index is 1800. The molecule has 250 valence electrons. The van der Waals surface area contributed by atoms with Crippen molar-refractivity contribution in [1.29, 1.82) is 0 Å². The van der Waals surface area contributed by atoms with Gasteiger partial charge >= 0.3 is 6.18 Å². The maximum atomic E-state index is 14.9. The number of fused-ring (bicyclic) bond motifs is 1. The molecule has 5 rings (SSSR count). The molecule has 1 aliphatic carbocycles. The number of carbonyl (C=O) groups is 1. The molecule has 18 heteroatoms. The summed E-state index contributed by atoms with van der Waals surface area (Å²) in [7, 11) is 0. The van der Waals surface area contributed by atoms with E-state index in [1.165, 1.54) is 18.3 Å². The zero-order valence-corrected chi connectivity index (χ0v) is 23.5.